The molecular weight excluding hydrogens is 280 g/mol. The highest BCUT2D eigenvalue weighted by Gasteiger charge is 2.24. The number of ether oxygens (including phenoxy) is 1. The number of carbonyl (C=O) groups excluding carboxylic acids is 1. The SMILES string of the molecule is CC(=O)Nc1ccc2c(c1)nc1n2C(CNC(C)C)COC1. The van der Waals surface area contributed by atoms with Gasteiger partial charge in [-0.1, -0.05) is 13.8 Å². The molecule has 1 aromatic carbocycles. The number of hydrogen-bond donors (Lipinski definition) is 2. The Morgan fingerprint density at radius 1 is 1.50 bits per heavy atom. The molecule has 0 fully saturated rings. The maximum absolute atomic E-state index is 11.2. The quantitative estimate of drug-likeness (QED) is 0.907. The van der Waals surface area contributed by atoms with E-state index in [2.05, 4.69) is 34.0 Å². The van der Waals surface area contributed by atoms with Gasteiger partial charge in [0.25, 0.3) is 0 Å². The number of rotatable bonds is 4. The second-order valence-electron chi connectivity index (χ2n) is 6.01. The van der Waals surface area contributed by atoms with Crippen molar-refractivity contribution >= 4 is 22.6 Å². The molecule has 2 N–H and O–H groups in total. The lowest BCUT2D eigenvalue weighted by atomic mass is 10.2. The zero-order valence-electron chi connectivity index (χ0n) is 13.2. The summed E-state index contributed by atoms with van der Waals surface area (Å²) in [7, 11) is 0. The average Bonchev–Trinajstić information content (AvgIpc) is 2.82. The molecule has 0 bridgehead atoms. The Morgan fingerprint density at radius 3 is 3.05 bits per heavy atom. The van der Waals surface area contributed by atoms with E-state index in [1.54, 1.807) is 0 Å². The normalized spacial score (nSPS) is 17.7. The maximum Gasteiger partial charge on any atom is 0.221 e. The second kappa shape index (κ2) is 6.06. The van der Waals surface area contributed by atoms with Gasteiger partial charge >= 0.3 is 0 Å². The summed E-state index contributed by atoms with van der Waals surface area (Å²) < 4.78 is 7.93. The molecule has 6 nitrogen and oxygen atoms in total. The largest absolute Gasteiger partial charge is 0.371 e. The fourth-order valence-corrected chi connectivity index (χ4v) is 2.82. The molecule has 2 heterocycles. The van der Waals surface area contributed by atoms with Crippen LogP contribution in [-0.2, 0) is 16.1 Å². The van der Waals surface area contributed by atoms with Crippen LogP contribution in [0.3, 0.4) is 0 Å². The number of nitrogens with zero attached hydrogens (tertiary/aromatic N) is 2. The molecule has 0 radical (unpaired) electrons. The number of hydrogen-bond acceptors (Lipinski definition) is 4. The van der Waals surface area contributed by atoms with E-state index in [0.717, 1.165) is 29.1 Å². The summed E-state index contributed by atoms with van der Waals surface area (Å²) in [5.74, 6) is 0.863. The minimum atomic E-state index is -0.0781. The predicted molar refractivity (Wildman–Crippen MR) is 85.9 cm³/mol. The Hall–Kier alpha value is -1.92. The summed E-state index contributed by atoms with van der Waals surface area (Å²) in [6.45, 7) is 7.84. The summed E-state index contributed by atoms with van der Waals surface area (Å²) >= 11 is 0. The molecule has 0 spiro atoms. The first-order chi connectivity index (χ1) is 10.5. The van der Waals surface area contributed by atoms with Crippen molar-refractivity contribution in [2.24, 2.45) is 0 Å². The van der Waals surface area contributed by atoms with Crippen LogP contribution < -0.4 is 10.6 Å². The zero-order valence-corrected chi connectivity index (χ0v) is 13.2. The third kappa shape index (κ3) is 2.98. The molecule has 0 aliphatic carbocycles. The lowest BCUT2D eigenvalue weighted by molar-refractivity contribution is -0.114. The van der Waals surface area contributed by atoms with Crippen LogP contribution in [0.2, 0.25) is 0 Å². The molecule has 3 rings (SSSR count). The minimum absolute atomic E-state index is 0.0781. The number of nitrogens with one attached hydrogen (secondary N) is 2. The van der Waals surface area contributed by atoms with Crippen LogP contribution in [0.5, 0.6) is 0 Å². The van der Waals surface area contributed by atoms with Crippen molar-refractivity contribution in [1.82, 2.24) is 14.9 Å². The molecule has 1 unspecified atom stereocenters. The van der Waals surface area contributed by atoms with Gasteiger partial charge in [-0.15, -0.1) is 0 Å². The first-order valence-electron chi connectivity index (χ1n) is 7.64. The monoisotopic (exact) mass is 302 g/mol. The number of benzene rings is 1. The maximum atomic E-state index is 11.2. The van der Waals surface area contributed by atoms with Gasteiger partial charge in [0, 0.05) is 25.2 Å². The Kier molecular flexibility index (Phi) is 4.13. The number of anilines is 1. The summed E-state index contributed by atoms with van der Waals surface area (Å²) in [5, 5.41) is 6.26. The van der Waals surface area contributed by atoms with Crippen molar-refractivity contribution in [2.75, 3.05) is 18.5 Å². The van der Waals surface area contributed by atoms with Crippen LogP contribution >= 0.6 is 0 Å². The van der Waals surface area contributed by atoms with Gasteiger partial charge in [-0.3, -0.25) is 4.79 Å². The number of carbonyl (C=O) groups is 1. The summed E-state index contributed by atoms with van der Waals surface area (Å²) in [5.41, 5.74) is 2.75. The van der Waals surface area contributed by atoms with E-state index in [1.165, 1.54) is 6.92 Å². The Bertz CT molecular complexity index is 693. The Morgan fingerprint density at radius 2 is 2.32 bits per heavy atom. The summed E-state index contributed by atoms with van der Waals surface area (Å²) in [4.78, 5) is 15.8. The zero-order chi connectivity index (χ0) is 15.7. The van der Waals surface area contributed by atoms with Crippen molar-refractivity contribution in [3.05, 3.63) is 24.0 Å². The molecule has 1 aromatic heterocycles. The Labute approximate surface area is 129 Å². The third-order valence-electron chi connectivity index (χ3n) is 3.75. The van der Waals surface area contributed by atoms with Gasteiger partial charge in [0.15, 0.2) is 0 Å². The molecule has 2 aromatic rings. The number of amides is 1. The lowest BCUT2D eigenvalue weighted by Crippen LogP contribution is -2.35. The fourth-order valence-electron chi connectivity index (χ4n) is 2.82. The topological polar surface area (TPSA) is 68.2 Å². The molecule has 0 saturated heterocycles. The fraction of sp³-hybridized carbons (Fsp3) is 0.500. The predicted octanol–water partition coefficient (Wildman–Crippen LogP) is 2.06. The molecular formula is C16H22N4O2. The highest BCUT2D eigenvalue weighted by Crippen LogP contribution is 2.27. The van der Waals surface area contributed by atoms with Gasteiger partial charge in [0.05, 0.1) is 23.7 Å². The van der Waals surface area contributed by atoms with Crippen LogP contribution in [0.1, 0.15) is 32.6 Å². The number of fused-ring (bicyclic) bond motifs is 3. The lowest BCUT2D eigenvalue weighted by Gasteiger charge is -2.27. The average molecular weight is 302 g/mol. The second-order valence-corrected chi connectivity index (χ2v) is 6.01. The minimum Gasteiger partial charge on any atom is -0.371 e. The smallest absolute Gasteiger partial charge is 0.221 e. The third-order valence-corrected chi connectivity index (χ3v) is 3.75. The van der Waals surface area contributed by atoms with Crippen LogP contribution in [0, 0.1) is 0 Å². The number of imidazole rings is 1. The summed E-state index contributed by atoms with van der Waals surface area (Å²) in [6, 6.07) is 6.52. The van der Waals surface area contributed by atoms with E-state index in [4.69, 9.17) is 4.74 Å². The summed E-state index contributed by atoms with van der Waals surface area (Å²) in [6.07, 6.45) is 0. The van der Waals surface area contributed by atoms with Crippen LogP contribution in [-0.4, -0.2) is 34.7 Å². The number of aromatic nitrogens is 2. The highest BCUT2D eigenvalue weighted by atomic mass is 16.5. The van der Waals surface area contributed by atoms with Gasteiger partial charge in [-0.2, -0.15) is 0 Å². The van der Waals surface area contributed by atoms with E-state index < -0.39 is 0 Å². The molecule has 6 heteroatoms. The van der Waals surface area contributed by atoms with E-state index in [-0.39, 0.29) is 11.9 Å². The van der Waals surface area contributed by atoms with E-state index >= 15 is 0 Å². The molecule has 1 atom stereocenters. The molecule has 1 amide bonds. The Balaban J connectivity index is 1.95. The standard InChI is InChI=1S/C16H22N4O2/c1-10(2)17-7-13-8-22-9-16-19-14-6-12(18-11(3)21)4-5-15(14)20(13)16/h4-6,10,13,17H,7-9H2,1-3H3,(H,18,21). The van der Waals surface area contributed by atoms with Gasteiger partial charge < -0.3 is 19.9 Å². The van der Waals surface area contributed by atoms with Crippen molar-refractivity contribution in [3.8, 4) is 0 Å². The van der Waals surface area contributed by atoms with E-state index in [0.29, 0.717) is 19.3 Å². The first-order valence-corrected chi connectivity index (χ1v) is 7.64. The molecule has 22 heavy (non-hydrogen) atoms. The first kappa shape index (κ1) is 15.0. The van der Waals surface area contributed by atoms with Crippen LogP contribution in [0.25, 0.3) is 11.0 Å². The van der Waals surface area contributed by atoms with Crippen LogP contribution in [0.15, 0.2) is 18.2 Å². The van der Waals surface area contributed by atoms with Gasteiger partial charge in [-0.05, 0) is 18.2 Å². The van der Waals surface area contributed by atoms with Crippen molar-refractivity contribution in [2.45, 2.75) is 39.5 Å². The van der Waals surface area contributed by atoms with Gasteiger partial charge in [0.2, 0.25) is 5.91 Å². The van der Waals surface area contributed by atoms with Crippen LogP contribution in [0.4, 0.5) is 5.69 Å². The van der Waals surface area contributed by atoms with Gasteiger partial charge in [0.1, 0.15) is 12.4 Å². The highest BCUT2D eigenvalue weighted by molar-refractivity contribution is 5.91. The van der Waals surface area contributed by atoms with Crippen molar-refractivity contribution < 1.29 is 9.53 Å². The molecule has 1 aliphatic rings. The molecule has 1 aliphatic heterocycles. The van der Waals surface area contributed by atoms with Crippen molar-refractivity contribution in [3.63, 3.8) is 0 Å². The van der Waals surface area contributed by atoms with Gasteiger partial charge in [-0.25, -0.2) is 4.98 Å². The molecule has 0 saturated carbocycles. The van der Waals surface area contributed by atoms with Crippen molar-refractivity contribution in [1.29, 1.82) is 0 Å². The molecule has 118 valence electrons. The van der Waals surface area contributed by atoms with E-state index in [1.807, 2.05) is 18.2 Å². The van der Waals surface area contributed by atoms with E-state index in [9.17, 15) is 4.79 Å².